The molecule has 0 N–H and O–H groups in total. The first kappa shape index (κ1) is 12.2. The Morgan fingerprint density at radius 2 is 1.13 bits per heavy atom. The van der Waals surface area contributed by atoms with Crippen LogP contribution in [0, 0.1) is 0 Å². The molecule has 0 radical (unpaired) electrons. The van der Waals surface area contributed by atoms with E-state index < -0.39 is 0 Å². The zero-order valence-corrected chi connectivity index (χ0v) is 10.7. The normalized spacial score (nSPS) is 11.8. The zero-order valence-electron chi connectivity index (χ0n) is 10.7. The van der Waals surface area contributed by atoms with Gasteiger partial charge in [-0.1, -0.05) is 41.5 Å². The van der Waals surface area contributed by atoms with Crippen molar-refractivity contribution in [3.8, 4) is 0 Å². The first-order chi connectivity index (χ1) is 6.91. The van der Waals surface area contributed by atoms with E-state index in [-0.39, 0.29) is 0 Å². The summed E-state index contributed by atoms with van der Waals surface area (Å²) in [6.07, 6.45) is 0. The molecule has 1 rings (SSSR count). The summed E-state index contributed by atoms with van der Waals surface area (Å²) in [5.74, 6) is 2.33. The van der Waals surface area contributed by atoms with Crippen LogP contribution in [0.2, 0.25) is 0 Å². The summed E-state index contributed by atoms with van der Waals surface area (Å²) in [5, 5.41) is 0. The van der Waals surface area contributed by atoms with Crippen LogP contribution >= 0.6 is 0 Å². The second-order valence-electron chi connectivity index (χ2n) is 5.04. The van der Waals surface area contributed by atoms with Gasteiger partial charge >= 0.3 is 0 Å². The minimum Gasteiger partial charge on any atom is -0.237 e. The molecule has 0 fully saturated rings. The van der Waals surface area contributed by atoms with Gasteiger partial charge in [0.05, 0.1) is 0 Å². The average molecular weight is 206 g/mol. The van der Waals surface area contributed by atoms with E-state index in [1.54, 1.807) is 0 Å². The minimum absolute atomic E-state index is 0.404. The maximum atomic E-state index is 4.60. The molecule has 15 heavy (non-hydrogen) atoms. The number of nitrogens with zero attached hydrogens (tertiary/aromatic N) is 2. The van der Waals surface area contributed by atoms with Gasteiger partial charge in [0.25, 0.3) is 0 Å². The van der Waals surface area contributed by atoms with Gasteiger partial charge in [-0.15, -0.1) is 0 Å². The molecule has 0 atom stereocenters. The molecule has 0 bridgehead atoms. The Morgan fingerprint density at radius 1 is 0.733 bits per heavy atom. The lowest BCUT2D eigenvalue weighted by atomic mass is 10.0. The summed E-state index contributed by atoms with van der Waals surface area (Å²) in [6.45, 7) is 13.0. The fourth-order valence-electron chi connectivity index (χ4n) is 1.36. The largest absolute Gasteiger partial charge is 0.237 e. The predicted molar refractivity (Wildman–Crippen MR) is 64.3 cm³/mol. The average Bonchev–Trinajstić information content (AvgIpc) is 2.16. The van der Waals surface area contributed by atoms with Crippen molar-refractivity contribution in [3.63, 3.8) is 0 Å². The van der Waals surface area contributed by atoms with Crippen molar-refractivity contribution < 1.29 is 0 Å². The van der Waals surface area contributed by atoms with Crippen molar-refractivity contribution in [1.82, 2.24) is 9.97 Å². The maximum Gasteiger partial charge on any atom is 0.131 e. The fraction of sp³-hybridized carbons (Fsp3) is 0.692. The third kappa shape index (κ3) is 3.01. The Morgan fingerprint density at radius 3 is 1.40 bits per heavy atom. The molecular formula is C13H22N2. The number of rotatable bonds is 3. The van der Waals surface area contributed by atoms with Gasteiger partial charge in [-0.2, -0.15) is 0 Å². The summed E-state index contributed by atoms with van der Waals surface area (Å²) in [4.78, 5) is 9.21. The molecule has 0 saturated carbocycles. The molecular weight excluding hydrogens is 184 g/mol. The standard InChI is InChI=1S/C13H22N2/c1-8(2)11-7-12(9(3)4)15-13(14-11)10(5)6/h7-10H,1-6H3. The van der Waals surface area contributed by atoms with Gasteiger partial charge in [-0.25, -0.2) is 9.97 Å². The Labute approximate surface area is 93.2 Å². The third-order valence-corrected chi connectivity index (χ3v) is 2.48. The summed E-state index contributed by atoms with van der Waals surface area (Å²) in [7, 11) is 0. The Balaban J connectivity index is 3.20. The molecule has 0 aliphatic heterocycles. The molecule has 84 valence electrons. The van der Waals surface area contributed by atoms with Gasteiger partial charge < -0.3 is 0 Å². The highest BCUT2D eigenvalue weighted by molar-refractivity contribution is 5.17. The molecule has 1 aromatic rings. The first-order valence-corrected chi connectivity index (χ1v) is 5.80. The number of hydrogen-bond donors (Lipinski definition) is 0. The highest BCUT2D eigenvalue weighted by atomic mass is 14.9. The van der Waals surface area contributed by atoms with E-state index in [4.69, 9.17) is 0 Å². The van der Waals surface area contributed by atoms with Crippen molar-refractivity contribution in [3.05, 3.63) is 23.3 Å². The van der Waals surface area contributed by atoms with Crippen LogP contribution < -0.4 is 0 Å². The Bertz CT molecular complexity index is 263. The van der Waals surface area contributed by atoms with E-state index in [2.05, 4.69) is 57.6 Å². The van der Waals surface area contributed by atoms with Gasteiger partial charge in [-0.05, 0) is 17.9 Å². The molecule has 1 heterocycles. The number of hydrogen-bond acceptors (Lipinski definition) is 2. The summed E-state index contributed by atoms with van der Waals surface area (Å²) in [6, 6.07) is 2.14. The van der Waals surface area contributed by atoms with Gasteiger partial charge in [0.2, 0.25) is 0 Å². The van der Waals surface area contributed by atoms with Crippen LogP contribution in [0.15, 0.2) is 6.07 Å². The van der Waals surface area contributed by atoms with Gasteiger partial charge in [0.1, 0.15) is 5.82 Å². The van der Waals surface area contributed by atoms with E-state index >= 15 is 0 Å². The lowest BCUT2D eigenvalue weighted by Crippen LogP contribution is -2.07. The molecule has 0 aliphatic rings. The summed E-state index contributed by atoms with van der Waals surface area (Å²) < 4.78 is 0. The van der Waals surface area contributed by atoms with Crippen LogP contribution in [0.25, 0.3) is 0 Å². The van der Waals surface area contributed by atoms with Crippen LogP contribution in [-0.2, 0) is 0 Å². The first-order valence-electron chi connectivity index (χ1n) is 5.80. The molecule has 2 nitrogen and oxygen atoms in total. The molecule has 0 aromatic carbocycles. The van der Waals surface area contributed by atoms with Gasteiger partial charge in [-0.3, -0.25) is 0 Å². The number of aromatic nitrogens is 2. The van der Waals surface area contributed by atoms with Crippen molar-refractivity contribution in [2.45, 2.75) is 59.3 Å². The molecule has 0 unspecified atom stereocenters. The van der Waals surface area contributed by atoms with Crippen molar-refractivity contribution in [2.24, 2.45) is 0 Å². The molecule has 0 spiro atoms. The zero-order chi connectivity index (χ0) is 11.6. The minimum atomic E-state index is 0.404. The van der Waals surface area contributed by atoms with Crippen LogP contribution in [-0.4, -0.2) is 9.97 Å². The molecule has 0 amide bonds. The van der Waals surface area contributed by atoms with Crippen LogP contribution in [0.5, 0.6) is 0 Å². The van der Waals surface area contributed by atoms with Crippen LogP contribution in [0.1, 0.15) is 76.5 Å². The highest BCUT2D eigenvalue weighted by Gasteiger charge is 2.11. The highest BCUT2D eigenvalue weighted by Crippen LogP contribution is 2.20. The quantitative estimate of drug-likeness (QED) is 0.750. The second-order valence-corrected chi connectivity index (χ2v) is 5.04. The topological polar surface area (TPSA) is 25.8 Å². The molecule has 0 saturated heterocycles. The van der Waals surface area contributed by atoms with Crippen LogP contribution in [0.3, 0.4) is 0 Å². The second kappa shape index (κ2) is 4.73. The van der Waals surface area contributed by atoms with E-state index in [1.807, 2.05) is 0 Å². The lowest BCUT2D eigenvalue weighted by Gasteiger charge is -2.13. The summed E-state index contributed by atoms with van der Waals surface area (Å²) >= 11 is 0. The Hall–Kier alpha value is -0.920. The van der Waals surface area contributed by atoms with Crippen molar-refractivity contribution in [2.75, 3.05) is 0 Å². The monoisotopic (exact) mass is 206 g/mol. The smallest absolute Gasteiger partial charge is 0.131 e. The maximum absolute atomic E-state index is 4.60. The van der Waals surface area contributed by atoms with Gasteiger partial charge in [0.15, 0.2) is 0 Å². The van der Waals surface area contributed by atoms with E-state index in [1.165, 1.54) is 0 Å². The molecule has 1 aromatic heterocycles. The summed E-state index contributed by atoms with van der Waals surface area (Å²) in [5.41, 5.74) is 2.33. The fourth-order valence-corrected chi connectivity index (χ4v) is 1.36. The van der Waals surface area contributed by atoms with Crippen molar-refractivity contribution >= 4 is 0 Å². The third-order valence-electron chi connectivity index (χ3n) is 2.48. The molecule has 2 heteroatoms. The lowest BCUT2D eigenvalue weighted by molar-refractivity contribution is 0.695. The van der Waals surface area contributed by atoms with E-state index in [9.17, 15) is 0 Å². The van der Waals surface area contributed by atoms with E-state index in [0.29, 0.717) is 17.8 Å². The Kier molecular flexibility index (Phi) is 3.83. The van der Waals surface area contributed by atoms with Gasteiger partial charge in [0, 0.05) is 17.3 Å². The predicted octanol–water partition coefficient (Wildman–Crippen LogP) is 3.85. The van der Waals surface area contributed by atoms with E-state index in [0.717, 1.165) is 17.2 Å². The van der Waals surface area contributed by atoms with Crippen LogP contribution in [0.4, 0.5) is 0 Å². The molecule has 0 aliphatic carbocycles. The van der Waals surface area contributed by atoms with Crippen molar-refractivity contribution in [1.29, 1.82) is 0 Å². The SMILES string of the molecule is CC(C)c1cc(C(C)C)nc(C(C)C)n1.